The number of nitrogens with zero attached hydrogens (tertiary/aromatic N) is 1. The molecule has 0 radical (unpaired) electrons. The lowest BCUT2D eigenvalue weighted by molar-refractivity contribution is -0.193. The molecule has 11 heteroatoms. The Bertz CT molecular complexity index is 1720. The third-order valence-corrected chi connectivity index (χ3v) is 10.1. The zero-order valence-electron chi connectivity index (χ0n) is 24.6. The van der Waals surface area contributed by atoms with E-state index in [4.69, 9.17) is 14.2 Å². The molecule has 0 saturated carbocycles. The van der Waals surface area contributed by atoms with Crippen molar-refractivity contribution in [1.29, 1.82) is 0 Å². The molecule has 45 heavy (non-hydrogen) atoms. The van der Waals surface area contributed by atoms with Gasteiger partial charge in [-0.25, -0.2) is 4.79 Å². The first-order valence-corrected chi connectivity index (χ1v) is 16.1. The van der Waals surface area contributed by atoms with Gasteiger partial charge in [-0.05, 0) is 28.6 Å². The number of thiophene rings is 1. The van der Waals surface area contributed by atoms with E-state index >= 15 is 0 Å². The van der Waals surface area contributed by atoms with Crippen molar-refractivity contribution in [3.8, 4) is 0 Å². The van der Waals surface area contributed by atoms with Gasteiger partial charge in [0.15, 0.2) is 6.10 Å². The number of hydrogen-bond acceptors (Lipinski definition) is 9. The highest BCUT2D eigenvalue weighted by Gasteiger charge is 2.66. The summed E-state index contributed by atoms with van der Waals surface area (Å²) in [6.45, 7) is 1.08. The molecule has 2 aliphatic rings. The first-order chi connectivity index (χ1) is 21.8. The lowest BCUT2D eigenvalue weighted by atomic mass is 9.97. The number of rotatable bonds is 10. The summed E-state index contributed by atoms with van der Waals surface area (Å²) < 4.78 is 18.1. The van der Waals surface area contributed by atoms with Crippen molar-refractivity contribution in [1.82, 2.24) is 10.2 Å². The summed E-state index contributed by atoms with van der Waals surface area (Å²) >= 11 is 2.81. The van der Waals surface area contributed by atoms with E-state index in [-0.39, 0.29) is 30.4 Å². The highest BCUT2D eigenvalue weighted by molar-refractivity contribution is 8.00. The van der Waals surface area contributed by atoms with Gasteiger partial charge in [0.25, 0.3) is 11.6 Å². The minimum absolute atomic E-state index is 0.0201. The SMILES string of the molecule is CO[C@@]1(NC(=O)Cc2cc3ccccc3s2)C(=O)N2C(C(=O)OC(c3ccccc3)c3ccccc3)=C(COC(C)=O)CS[C@@H]21. The number of esters is 2. The fourth-order valence-corrected chi connectivity index (χ4v) is 8.00. The molecule has 3 aromatic carbocycles. The summed E-state index contributed by atoms with van der Waals surface area (Å²) in [6, 6.07) is 28.4. The predicted molar refractivity (Wildman–Crippen MR) is 171 cm³/mol. The van der Waals surface area contributed by atoms with E-state index < -0.39 is 35.0 Å². The lowest BCUT2D eigenvalue weighted by Gasteiger charge is -2.56. The molecule has 0 unspecified atom stereocenters. The second kappa shape index (κ2) is 12.9. The van der Waals surface area contributed by atoms with Gasteiger partial charge in [-0.3, -0.25) is 19.3 Å². The number of methoxy groups -OCH3 is 1. The van der Waals surface area contributed by atoms with Crippen LogP contribution in [0.2, 0.25) is 0 Å². The van der Waals surface area contributed by atoms with Crippen LogP contribution < -0.4 is 5.32 Å². The number of nitrogens with one attached hydrogen (secondary N) is 1. The Kier molecular flexibility index (Phi) is 8.75. The van der Waals surface area contributed by atoms with Crippen molar-refractivity contribution in [2.45, 2.75) is 30.5 Å². The summed E-state index contributed by atoms with van der Waals surface area (Å²) in [4.78, 5) is 55.1. The molecular formula is C34H30N2O7S2. The molecule has 4 aromatic rings. The Labute approximate surface area is 268 Å². The molecule has 0 bridgehead atoms. The van der Waals surface area contributed by atoms with E-state index in [0.717, 1.165) is 26.1 Å². The highest BCUT2D eigenvalue weighted by atomic mass is 32.2. The lowest BCUT2D eigenvalue weighted by Crippen LogP contribution is -2.80. The predicted octanol–water partition coefficient (Wildman–Crippen LogP) is 4.97. The third-order valence-electron chi connectivity index (χ3n) is 7.64. The quantitative estimate of drug-likeness (QED) is 0.147. The highest BCUT2D eigenvalue weighted by Crippen LogP contribution is 2.47. The minimum Gasteiger partial charge on any atom is -0.461 e. The topological polar surface area (TPSA) is 111 Å². The van der Waals surface area contributed by atoms with Crippen LogP contribution >= 0.6 is 23.1 Å². The van der Waals surface area contributed by atoms with Gasteiger partial charge in [-0.1, -0.05) is 78.9 Å². The zero-order valence-corrected chi connectivity index (χ0v) is 26.2. The fraction of sp³-hybridized carbons (Fsp3) is 0.235. The third kappa shape index (κ3) is 5.98. The molecule has 2 aliphatic heterocycles. The van der Waals surface area contributed by atoms with Crippen molar-refractivity contribution in [3.05, 3.63) is 118 Å². The summed E-state index contributed by atoms with van der Waals surface area (Å²) in [7, 11) is 1.35. The average Bonchev–Trinajstić information content (AvgIpc) is 3.47. The number of thioether (sulfide) groups is 1. The largest absolute Gasteiger partial charge is 0.461 e. The van der Waals surface area contributed by atoms with Crippen LogP contribution in [0.25, 0.3) is 10.1 Å². The number of fused-ring (bicyclic) bond motifs is 2. The van der Waals surface area contributed by atoms with Crippen LogP contribution in [0.3, 0.4) is 0 Å². The maximum Gasteiger partial charge on any atom is 0.356 e. The molecule has 1 aromatic heterocycles. The van der Waals surface area contributed by atoms with Gasteiger partial charge in [0, 0.05) is 34.9 Å². The molecule has 230 valence electrons. The van der Waals surface area contributed by atoms with Gasteiger partial charge in [-0.2, -0.15) is 0 Å². The van der Waals surface area contributed by atoms with Gasteiger partial charge in [0.2, 0.25) is 5.91 Å². The van der Waals surface area contributed by atoms with Crippen LogP contribution in [-0.4, -0.2) is 59.2 Å². The van der Waals surface area contributed by atoms with Gasteiger partial charge in [-0.15, -0.1) is 23.1 Å². The molecule has 9 nitrogen and oxygen atoms in total. The smallest absolute Gasteiger partial charge is 0.356 e. The van der Waals surface area contributed by atoms with Crippen LogP contribution in [0, 0.1) is 0 Å². The summed E-state index contributed by atoms with van der Waals surface area (Å²) in [6.07, 6.45) is -0.701. The van der Waals surface area contributed by atoms with E-state index in [1.807, 2.05) is 91.0 Å². The molecule has 3 heterocycles. The number of amides is 2. The first-order valence-electron chi connectivity index (χ1n) is 14.3. The van der Waals surface area contributed by atoms with Crippen molar-refractivity contribution in [2.75, 3.05) is 19.5 Å². The summed E-state index contributed by atoms with van der Waals surface area (Å²) in [5.74, 6) is -2.04. The molecule has 0 aliphatic carbocycles. The normalized spacial score (nSPS) is 19.2. The number of benzene rings is 3. The Morgan fingerprint density at radius 1 is 0.978 bits per heavy atom. The van der Waals surface area contributed by atoms with Gasteiger partial charge in [0.1, 0.15) is 17.7 Å². The standard InChI is InChI=1S/C34H30N2O7S2/c1-21(37)42-19-25-20-44-33-34(41-2,35-28(38)18-26-17-24-15-9-10-16-27(24)45-26)32(40)36(33)29(25)31(39)43-30(22-11-5-3-6-12-22)23-13-7-4-8-14-23/h3-17,30,33H,18-20H2,1-2H3,(H,35,38)/t33-,34+/m1/s1. The zero-order chi connectivity index (χ0) is 31.6. The summed E-state index contributed by atoms with van der Waals surface area (Å²) in [5.41, 5.74) is 0.209. The molecule has 2 atom stereocenters. The molecule has 0 spiro atoms. The maximum absolute atomic E-state index is 14.0. The van der Waals surface area contributed by atoms with E-state index in [2.05, 4.69) is 5.32 Å². The molecule has 1 saturated heterocycles. The monoisotopic (exact) mass is 642 g/mol. The van der Waals surface area contributed by atoms with E-state index in [1.165, 1.54) is 42.0 Å². The molecule has 1 N–H and O–H groups in total. The Morgan fingerprint density at radius 2 is 1.62 bits per heavy atom. The van der Waals surface area contributed by atoms with Crippen LogP contribution in [0.15, 0.2) is 102 Å². The van der Waals surface area contributed by atoms with Crippen LogP contribution in [0.4, 0.5) is 0 Å². The maximum atomic E-state index is 14.0. The van der Waals surface area contributed by atoms with E-state index in [0.29, 0.717) is 5.57 Å². The molecular weight excluding hydrogens is 613 g/mol. The van der Waals surface area contributed by atoms with Crippen LogP contribution in [-0.2, 0) is 39.8 Å². The van der Waals surface area contributed by atoms with Gasteiger partial charge < -0.3 is 19.5 Å². The second-order valence-electron chi connectivity index (χ2n) is 10.6. The van der Waals surface area contributed by atoms with E-state index in [9.17, 15) is 19.2 Å². The first kappa shape index (κ1) is 30.6. The van der Waals surface area contributed by atoms with Crippen molar-refractivity contribution in [3.63, 3.8) is 0 Å². The van der Waals surface area contributed by atoms with Crippen LogP contribution in [0.1, 0.15) is 29.0 Å². The molecule has 2 amide bonds. The van der Waals surface area contributed by atoms with Crippen LogP contribution in [0.5, 0.6) is 0 Å². The molecule has 1 fully saturated rings. The Morgan fingerprint density at radius 3 is 2.24 bits per heavy atom. The van der Waals surface area contributed by atoms with Gasteiger partial charge >= 0.3 is 11.9 Å². The Balaban J connectivity index is 1.27. The van der Waals surface area contributed by atoms with Crippen molar-refractivity contribution < 1.29 is 33.4 Å². The number of carbonyl (C=O) groups is 4. The number of β-lactam (4-membered cyclic amide) rings is 1. The van der Waals surface area contributed by atoms with E-state index in [1.54, 1.807) is 0 Å². The van der Waals surface area contributed by atoms with Crippen molar-refractivity contribution in [2.24, 2.45) is 0 Å². The number of hydrogen-bond donors (Lipinski definition) is 1. The average molecular weight is 643 g/mol. The Hall–Kier alpha value is -4.45. The molecule has 6 rings (SSSR count). The fourth-order valence-electron chi connectivity index (χ4n) is 5.51. The number of carbonyl (C=O) groups excluding carboxylic acids is 4. The minimum atomic E-state index is -1.69. The summed E-state index contributed by atoms with van der Waals surface area (Å²) in [5, 5.41) is 3.10. The number of ether oxygens (including phenoxy) is 3. The van der Waals surface area contributed by atoms with Crippen molar-refractivity contribution >= 4 is 56.9 Å². The second-order valence-corrected chi connectivity index (χ2v) is 12.8. The van der Waals surface area contributed by atoms with Gasteiger partial charge in [0.05, 0.1) is 6.42 Å².